The molecule has 0 bridgehead atoms. The molecule has 0 radical (unpaired) electrons. The maximum Gasteiger partial charge on any atom is 0.248 e. The van der Waals surface area contributed by atoms with Gasteiger partial charge in [0.15, 0.2) is 5.82 Å². The van der Waals surface area contributed by atoms with Crippen molar-refractivity contribution < 1.29 is 17.7 Å². The van der Waals surface area contributed by atoms with Crippen molar-refractivity contribution in [2.75, 3.05) is 62.3 Å². The largest absolute Gasteiger partial charge is 0.378 e. The molecule has 0 saturated carbocycles. The highest BCUT2D eigenvalue weighted by molar-refractivity contribution is 7.89. The molecule has 26 heavy (non-hydrogen) atoms. The minimum atomic E-state index is -3.55. The van der Waals surface area contributed by atoms with Gasteiger partial charge in [-0.15, -0.1) is 5.10 Å². The van der Waals surface area contributed by atoms with Crippen molar-refractivity contribution >= 4 is 21.5 Å². The summed E-state index contributed by atoms with van der Waals surface area (Å²) in [5.74, 6) is 0.824. The molecule has 11 heteroatoms. The second-order valence-electron chi connectivity index (χ2n) is 6.12. The number of morpholine rings is 1. The highest BCUT2D eigenvalue weighted by Gasteiger charge is 2.30. The van der Waals surface area contributed by atoms with Crippen molar-refractivity contribution in [2.24, 2.45) is 0 Å². The van der Waals surface area contributed by atoms with E-state index < -0.39 is 10.0 Å². The zero-order valence-electron chi connectivity index (χ0n) is 14.2. The molecular weight excluding hydrogens is 360 g/mol. The van der Waals surface area contributed by atoms with E-state index >= 15 is 0 Å². The average molecular weight is 380 g/mol. The van der Waals surface area contributed by atoms with Gasteiger partial charge >= 0.3 is 0 Å². The average Bonchev–Trinajstić information content (AvgIpc) is 3.25. The van der Waals surface area contributed by atoms with Gasteiger partial charge in [0.1, 0.15) is 11.2 Å². The lowest BCUT2D eigenvalue weighted by Crippen LogP contribution is -2.48. The summed E-state index contributed by atoms with van der Waals surface area (Å²) in [7, 11) is -3.55. The number of ether oxygens (including phenoxy) is 1. The van der Waals surface area contributed by atoms with Crippen LogP contribution in [0.1, 0.15) is 0 Å². The van der Waals surface area contributed by atoms with Crippen LogP contribution in [-0.4, -0.2) is 80.6 Å². The van der Waals surface area contributed by atoms with Gasteiger partial charge in [0.25, 0.3) is 0 Å². The maximum atomic E-state index is 12.5. The fourth-order valence-electron chi connectivity index (χ4n) is 3.12. The van der Waals surface area contributed by atoms with E-state index in [9.17, 15) is 8.42 Å². The van der Waals surface area contributed by atoms with Gasteiger partial charge < -0.3 is 19.1 Å². The molecular formula is C15H20N6O4S. The Morgan fingerprint density at radius 2 is 1.73 bits per heavy atom. The lowest BCUT2D eigenvalue weighted by molar-refractivity contribution is 0.122. The van der Waals surface area contributed by atoms with E-state index in [0.717, 1.165) is 30.9 Å². The van der Waals surface area contributed by atoms with Crippen LogP contribution in [0.4, 0.5) is 11.5 Å². The van der Waals surface area contributed by atoms with Gasteiger partial charge in [-0.05, 0) is 0 Å². The molecule has 4 heterocycles. The summed E-state index contributed by atoms with van der Waals surface area (Å²) in [5.41, 5.74) is 0.948. The standard InChI is InChI=1S/C15H20N6O4S/c22-26(23,14-11-17-25-12-14)21-3-1-19(2-4-21)13-9-15(18-16-10-13)20-5-7-24-8-6-20/h9-12H,1-8H2. The fraction of sp³-hybridized carbons (Fsp3) is 0.533. The van der Waals surface area contributed by atoms with Gasteiger partial charge in [-0.25, -0.2) is 8.42 Å². The van der Waals surface area contributed by atoms with E-state index in [0.29, 0.717) is 39.4 Å². The first kappa shape index (κ1) is 17.2. The molecule has 2 aromatic heterocycles. The molecule has 0 amide bonds. The van der Waals surface area contributed by atoms with Crippen molar-refractivity contribution in [3.63, 3.8) is 0 Å². The Labute approximate surface area is 151 Å². The molecule has 2 aromatic rings. The van der Waals surface area contributed by atoms with Crippen LogP contribution >= 0.6 is 0 Å². The fourth-order valence-corrected chi connectivity index (χ4v) is 4.41. The number of anilines is 2. The van der Waals surface area contributed by atoms with Crippen LogP contribution in [0.2, 0.25) is 0 Å². The van der Waals surface area contributed by atoms with E-state index in [-0.39, 0.29) is 4.90 Å². The van der Waals surface area contributed by atoms with Gasteiger partial charge in [-0.2, -0.15) is 9.40 Å². The summed E-state index contributed by atoms with van der Waals surface area (Å²) in [6, 6.07) is 2.00. The van der Waals surface area contributed by atoms with Crippen LogP contribution in [0.15, 0.2) is 34.1 Å². The molecule has 0 spiro atoms. The maximum absolute atomic E-state index is 12.5. The third kappa shape index (κ3) is 3.37. The van der Waals surface area contributed by atoms with Crippen molar-refractivity contribution in [2.45, 2.75) is 4.90 Å². The van der Waals surface area contributed by atoms with Crippen molar-refractivity contribution in [1.82, 2.24) is 19.7 Å². The zero-order valence-corrected chi connectivity index (χ0v) is 15.0. The number of hydrogen-bond acceptors (Lipinski definition) is 9. The predicted molar refractivity (Wildman–Crippen MR) is 92.5 cm³/mol. The Balaban J connectivity index is 1.43. The Kier molecular flexibility index (Phi) is 4.74. The molecule has 2 saturated heterocycles. The zero-order chi connectivity index (χ0) is 18.0. The molecule has 2 aliphatic rings. The molecule has 2 fully saturated rings. The van der Waals surface area contributed by atoms with Gasteiger partial charge in [-0.1, -0.05) is 5.16 Å². The van der Waals surface area contributed by atoms with E-state index in [2.05, 4.69) is 29.7 Å². The van der Waals surface area contributed by atoms with Crippen LogP contribution in [0, 0.1) is 0 Å². The summed E-state index contributed by atoms with van der Waals surface area (Å²) >= 11 is 0. The lowest BCUT2D eigenvalue weighted by Gasteiger charge is -2.35. The third-order valence-corrected chi connectivity index (χ3v) is 6.46. The van der Waals surface area contributed by atoms with E-state index in [4.69, 9.17) is 4.74 Å². The summed E-state index contributed by atoms with van der Waals surface area (Å²) in [6.07, 6.45) is 4.10. The molecule has 140 valence electrons. The van der Waals surface area contributed by atoms with Gasteiger partial charge in [0.05, 0.1) is 31.3 Å². The van der Waals surface area contributed by atoms with E-state index in [1.54, 1.807) is 6.20 Å². The Morgan fingerprint density at radius 1 is 0.962 bits per heavy atom. The lowest BCUT2D eigenvalue weighted by atomic mass is 10.3. The summed E-state index contributed by atoms with van der Waals surface area (Å²) in [6.45, 7) is 4.91. The molecule has 2 aliphatic heterocycles. The monoisotopic (exact) mass is 380 g/mol. The molecule has 4 rings (SSSR count). The number of nitrogens with zero attached hydrogens (tertiary/aromatic N) is 6. The molecule has 0 unspecified atom stereocenters. The van der Waals surface area contributed by atoms with Crippen LogP contribution < -0.4 is 9.80 Å². The number of hydrogen-bond donors (Lipinski definition) is 0. The second kappa shape index (κ2) is 7.17. The third-order valence-electron chi connectivity index (χ3n) is 4.61. The first-order valence-corrected chi connectivity index (χ1v) is 9.88. The number of aromatic nitrogens is 3. The first-order chi connectivity index (χ1) is 12.6. The smallest absolute Gasteiger partial charge is 0.248 e. The summed E-state index contributed by atoms with van der Waals surface area (Å²) in [4.78, 5) is 4.36. The van der Waals surface area contributed by atoms with Crippen LogP contribution in [0.3, 0.4) is 0 Å². The second-order valence-corrected chi connectivity index (χ2v) is 8.06. The Bertz CT molecular complexity index is 830. The Morgan fingerprint density at radius 3 is 2.42 bits per heavy atom. The van der Waals surface area contributed by atoms with Gasteiger partial charge in [0, 0.05) is 45.3 Å². The molecule has 0 aliphatic carbocycles. The highest BCUT2D eigenvalue weighted by Crippen LogP contribution is 2.23. The quantitative estimate of drug-likeness (QED) is 0.714. The molecule has 0 aromatic carbocycles. The summed E-state index contributed by atoms with van der Waals surface area (Å²) in [5, 5.41) is 11.8. The summed E-state index contributed by atoms with van der Waals surface area (Å²) < 4.78 is 36.5. The number of piperazine rings is 1. The van der Waals surface area contributed by atoms with Gasteiger partial charge in [-0.3, -0.25) is 0 Å². The minimum Gasteiger partial charge on any atom is -0.378 e. The van der Waals surface area contributed by atoms with Crippen LogP contribution in [0.5, 0.6) is 0 Å². The molecule has 0 atom stereocenters. The highest BCUT2D eigenvalue weighted by atomic mass is 32.2. The van der Waals surface area contributed by atoms with Crippen molar-refractivity contribution in [3.8, 4) is 0 Å². The predicted octanol–water partition coefficient (Wildman–Crippen LogP) is -0.188. The minimum absolute atomic E-state index is 0.0890. The molecule has 0 N–H and O–H groups in total. The van der Waals surface area contributed by atoms with Crippen LogP contribution in [0.25, 0.3) is 0 Å². The van der Waals surface area contributed by atoms with E-state index in [1.807, 2.05) is 6.07 Å². The van der Waals surface area contributed by atoms with Crippen molar-refractivity contribution in [1.29, 1.82) is 0 Å². The number of rotatable bonds is 4. The van der Waals surface area contributed by atoms with Crippen molar-refractivity contribution in [3.05, 3.63) is 24.7 Å². The number of sulfonamides is 1. The normalized spacial score (nSPS) is 19.7. The van der Waals surface area contributed by atoms with Crippen LogP contribution in [-0.2, 0) is 14.8 Å². The Hall–Kier alpha value is -2.24. The van der Waals surface area contributed by atoms with E-state index in [1.165, 1.54) is 10.5 Å². The van der Waals surface area contributed by atoms with Gasteiger partial charge in [0.2, 0.25) is 10.0 Å². The molecule has 10 nitrogen and oxygen atoms in total. The first-order valence-electron chi connectivity index (χ1n) is 8.44. The topological polar surface area (TPSA) is 105 Å². The SMILES string of the molecule is O=S(=O)(c1cnoc1)N1CCN(c2cnnc(N3CCOCC3)c2)CC1.